The van der Waals surface area contributed by atoms with Crippen molar-refractivity contribution in [2.75, 3.05) is 26.7 Å². The summed E-state index contributed by atoms with van der Waals surface area (Å²) in [6.45, 7) is 6.47. The molecule has 1 atom stereocenters. The molecule has 1 heterocycles. The van der Waals surface area contributed by atoms with E-state index in [-0.39, 0.29) is 11.9 Å². The third-order valence-corrected chi connectivity index (χ3v) is 5.51. The molecule has 0 saturated carbocycles. The number of nitrogens with one attached hydrogen (secondary N) is 2. The topological polar surface area (TPSA) is 62.3 Å². The minimum Gasteiger partial charge on any atom is -0.497 e. The minimum absolute atomic E-state index is 0.0335. The van der Waals surface area contributed by atoms with Gasteiger partial charge in [-0.15, -0.1) is 0 Å². The summed E-state index contributed by atoms with van der Waals surface area (Å²) in [7, 11) is 1.66. The first-order chi connectivity index (χ1) is 14.6. The highest BCUT2D eigenvalue weighted by atomic mass is 32.1. The van der Waals surface area contributed by atoms with Crippen molar-refractivity contribution in [1.82, 2.24) is 19.8 Å². The van der Waals surface area contributed by atoms with Gasteiger partial charge in [0, 0.05) is 18.4 Å². The van der Waals surface area contributed by atoms with Gasteiger partial charge in [0.25, 0.3) is 5.91 Å². The fourth-order valence-electron chi connectivity index (χ4n) is 3.62. The van der Waals surface area contributed by atoms with Crippen LogP contribution in [-0.4, -0.2) is 47.1 Å². The van der Waals surface area contributed by atoms with Crippen LogP contribution in [0, 0.1) is 4.77 Å². The van der Waals surface area contributed by atoms with Crippen molar-refractivity contribution >= 4 is 18.1 Å². The van der Waals surface area contributed by atoms with Crippen LogP contribution >= 0.6 is 12.2 Å². The van der Waals surface area contributed by atoms with Crippen LogP contribution < -0.4 is 10.1 Å². The van der Waals surface area contributed by atoms with Crippen LogP contribution in [0.1, 0.15) is 35.9 Å². The number of aromatic amines is 1. The Morgan fingerprint density at radius 2 is 1.90 bits per heavy atom. The van der Waals surface area contributed by atoms with Crippen LogP contribution in [0.5, 0.6) is 5.75 Å². The molecule has 30 heavy (non-hydrogen) atoms. The second kappa shape index (κ2) is 10.2. The number of imidazole rings is 1. The molecule has 0 radical (unpaired) electrons. The third-order valence-electron chi connectivity index (χ3n) is 5.21. The molecule has 1 aromatic heterocycles. The highest BCUT2D eigenvalue weighted by molar-refractivity contribution is 7.71. The predicted octanol–water partition coefficient (Wildman–Crippen LogP) is 4.36. The van der Waals surface area contributed by atoms with Crippen LogP contribution in [-0.2, 0) is 0 Å². The zero-order valence-electron chi connectivity index (χ0n) is 17.6. The second-order valence-corrected chi connectivity index (χ2v) is 7.26. The average molecular weight is 425 g/mol. The predicted molar refractivity (Wildman–Crippen MR) is 122 cm³/mol. The Morgan fingerprint density at radius 3 is 2.57 bits per heavy atom. The number of carbonyl (C=O) groups is 1. The zero-order chi connectivity index (χ0) is 21.5. The summed E-state index contributed by atoms with van der Waals surface area (Å²) in [4.78, 5) is 18.4. The number of H-pyrrole nitrogens is 1. The summed E-state index contributed by atoms with van der Waals surface area (Å²) in [6.07, 6.45) is 1.66. The lowest BCUT2D eigenvalue weighted by Gasteiger charge is -2.30. The largest absolute Gasteiger partial charge is 0.497 e. The molecule has 3 aromatic rings. The van der Waals surface area contributed by atoms with Crippen molar-refractivity contribution < 1.29 is 9.53 Å². The van der Waals surface area contributed by atoms with Gasteiger partial charge < -0.3 is 15.0 Å². The van der Waals surface area contributed by atoms with E-state index in [9.17, 15) is 4.79 Å². The fraction of sp³-hybridized carbons (Fsp3) is 0.304. The highest BCUT2D eigenvalue weighted by Crippen LogP contribution is 2.24. The van der Waals surface area contributed by atoms with Gasteiger partial charge in [0.05, 0.1) is 13.2 Å². The van der Waals surface area contributed by atoms with Crippen LogP contribution in [0.3, 0.4) is 0 Å². The molecule has 158 valence electrons. The lowest BCUT2D eigenvalue weighted by atomic mass is 10.0. The van der Waals surface area contributed by atoms with Crippen molar-refractivity contribution in [2.45, 2.75) is 19.9 Å². The van der Waals surface area contributed by atoms with Crippen LogP contribution in [0.25, 0.3) is 5.69 Å². The normalized spacial score (nSPS) is 12.0. The van der Waals surface area contributed by atoms with E-state index >= 15 is 0 Å². The Labute approximate surface area is 182 Å². The number of rotatable bonds is 9. The number of likely N-dealkylation sites (N-methyl/N-ethyl adjacent to an activating group) is 1. The SMILES string of the molecule is CCN(CC)C(CNC(=O)c1c[nH]c(=S)n1-c1ccccc1)c1cccc(OC)c1. The lowest BCUT2D eigenvalue weighted by Crippen LogP contribution is -2.38. The first kappa shape index (κ1) is 21.8. The average Bonchev–Trinajstić information content (AvgIpc) is 3.18. The Balaban J connectivity index is 1.84. The van der Waals surface area contributed by atoms with E-state index < -0.39 is 0 Å². The molecular formula is C23H28N4O2S. The molecule has 7 heteroatoms. The van der Waals surface area contributed by atoms with Gasteiger partial charge in [-0.3, -0.25) is 14.3 Å². The Kier molecular flexibility index (Phi) is 7.43. The number of methoxy groups -OCH3 is 1. The van der Waals surface area contributed by atoms with E-state index in [4.69, 9.17) is 17.0 Å². The molecule has 0 aliphatic rings. The molecule has 6 nitrogen and oxygen atoms in total. The van der Waals surface area contributed by atoms with Gasteiger partial charge in [-0.25, -0.2) is 0 Å². The quantitative estimate of drug-likeness (QED) is 0.501. The van der Waals surface area contributed by atoms with Gasteiger partial charge >= 0.3 is 0 Å². The molecule has 2 N–H and O–H groups in total. The van der Waals surface area contributed by atoms with Crippen molar-refractivity contribution in [3.8, 4) is 11.4 Å². The maximum atomic E-state index is 13.1. The smallest absolute Gasteiger partial charge is 0.269 e. The summed E-state index contributed by atoms with van der Waals surface area (Å²) >= 11 is 5.40. The molecule has 0 fully saturated rings. The van der Waals surface area contributed by atoms with E-state index in [1.807, 2.05) is 48.5 Å². The number of amides is 1. The molecule has 0 saturated heterocycles. The van der Waals surface area contributed by atoms with Gasteiger partial charge in [0.15, 0.2) is 4.77 Å². The molecule has 0 bridgehead atoms. The van der Waals surface area contributed by atoms with Crippen molar-refractivity contribution in [2.24, 2.45) is 0 Å². The van der Waals surface area contributed by atoms with Crippen LogP contribution in [0.4, 0.5) is 0 Å². The first-order valence-electron chi connectivity index (χ1n) is 10.1. The number of aromatic nitrogens is 2. The molecule has 1 unspecified atom stereocenters. The fourth-order valence-corrected chi connectivity index (χ4v) is 3.88. The van der Waals surface area contributed by atoms with Gasteiger partial charge in [-0.2, -0.15) is 0 Å². The number of carbonyl (C=O) groups excluding carboxylic acids is 1. The van der Waals surface area contributed by atoms with E-state index in [1.54, 1.807) is 17.9 Å². The molecule has 1 amide bonds. The lowest BCUT2D eigenvalue weighted by molar-refractivity contribution is 0.0928. The van der Waals surface area contributed by atoms with Gasteiger partial charge in [-0.05, 0) is 55.1 Å². The second-order valence-electron chi connectivity index (χ2n) is 6.87. The van der Waals surface area contributed by atoms with Gasteiger partial charge in [0.1, 0.15) is 11.4 Å². The number of nitrogens with zero attached hydrogens (tertiary/aromatic N) is 2. The monoisotopic (exact) mass is 424 g/mol. The molecule has 3 rings (SSSR count). The number of hydrogen-bond donors (Lipinski definition) is 2. The van der Waals surface area contributed by atoms with Crippen LogP contribution in [0.2, 0.25) is 0 Å². The van der Waals surface area contributed by atoms with E-state index in [2.05, 4.69) is 35.1 Å². The first-order valence-corrected chi connectivity index (χ1v) is 10.5. The summed E-state index contributed by atoms with van der Waals surface area (Å²) in [5.74, 6) is 0.630. The maximum absolute atomic E-state index is 13.1. The van der Waals surface area contributed by atoms with Crippen molar-refractivity contribution in [3.63, 3.8) is 0 Å². The summed E-state index contributed by atoms with van der Waals surface area (Å²) in [6, 6.07) is 17.7. The van der Waals surface area contributed by atoms with Crippen molar-refractivity contribution in [3.05, 3.63) is 76.8 Å². The molecule has 0 aliphatic heterocycles. The number of benzene rings is 2. The minimum atomic E-state index is -0.175. The van der Waals surface area contributed by atoms with E-state index in [0.29, 0.717) is 17.0 Å². The molecular weight excluding hydrogens is 396 g/mol. The number of para-hydroxylation sites is 1. The summed E-state index contributed by atoms with van der Waals surface area (Å²) in [5.41, 5.74) is 2.43. The third kappa shape index (κ3) is 4.80. The Hall–Kier alpha value is -2.90. The van der Waals surface area contributed by atoms with Gasteiger partial charge in [0.2, 0.25) is 0 Å². The van der Waals surface area contributed by atoms with Gasteiger partial charge in [-0.1, -0.05) is 44.2 Å². The summed E-state index contributed by atoms with van der Waals surface area (Å²) in [5, 5.41) is 3.10. The van der Waals surface area contributed by atoms with Crippen molar-refractivity contribution in [1.29, 1.82) is 0 Å². The van der Waals surface area contributed by atoms with Crippen LogP contribution in [0.15, 0.2) is 60.8 Å². The standard InChI is InChI=1S/C23H28N4O2S/c1-4-26(5-2)20(17-10-9-13-19(14-17)29-3)15-24-22(28)21-16-25-23(30)27(21)18-11-7-6-8-12-18/h6-14,16,20H,4-5,15H2,1-3H3,(H,24,28)(H,25,30). The van der Waals surface area contributed by atoms with E-state index in [1.165, 1.54) is 0 Å². The zero-order valence-corrected chi connectivity index (χ0v) is 18.4. The molecule has 0 aliphatic carbocycles. The number of ether oxygens (including phenoxy) is 1. The van der Waals surface area contributed by atoms with E-state index in [0.717, 1.165) is 30.1 Å². The molecule has 2 aromatic carbocycles. The number of hydrogen-bond acceptors (Lipinski definition) is 4. The molecule has 0 spiro atoms. The summed E-state index contributed by atoms with van der Waals surface area (Å²) < 4.78 is 7.63. The highest BCUT2D eigenvalue weighted by Gasteiger charge is 2.21. The Bertz CT molecular complexity index is 1020. The Morgan fingerprint density at radius 1 is 1.17 bits per heavy atom. The maximum Gasteiger partial charge on any atom is 0.269 e.